The quantitative estimate of drug-likeness (QED) is 0.804. The van der Waals surface area contributed by atoms with Gasteiger partial charge in [0.05, 0.1) is 0 Å². The summed E-state index contributed by atoms with van der Waals surface area (Å²) < 4.78 is 17.7. The van der Waals surface area contributed by atoms with Crippen LogP contribution in [0.5, 0.6) is 0 Å². The lowest BCUT2D eigenvalue weighted by Gasteiger charge is -2.04. The third kappa shape index (κ3) is 3.66. The highest BCUT2D eigenvalue weighted by molar-refractivity contribution is 7.99. The average molecular weight is 285 g/mol. The minimum absolute atomic E-state index is 0.264. The molecule has 0 aliphatic carbocycles. The molecule has 0 amide bonds. The molecule has 0 aliphatic heterocycles. The summed E-state index contributed by atoms with van der Waals surface area (Å²) in [4.78, 5) is 9.21. The van der Waals surface area contributed by atoms with E-state index >= 15 is 0 Å². The number of hydrogen-bond acceptors (Lipinski definition) is 4. The highest BCUT2D eigenvalue weighted by Crippen LogP contribution is 2.27. The largest absolute Gasteiger partial charge is 0.377 e. The summed E-state index contributed by atoms with van der Waals surface area (Å²) in [6, 6.07) is 7.84. The van der Waals surface area contributed by atoms with Crippen molar-refractivity contribution in [3.05, 3.63) is 47.1 Å². The van der Waals surface area contributed by atoms with Crippen LogP contribution >= 0.6 is 23.4 Å². The average Bonchev–Trinajstić information content (AvgIpc) is 2.32. The van der Waals surface area contributed by atoms with Gasteiger partial charge in [-0.1, -0.05) is 23.4 Å². The molecule has 0 saturated carbocycles. The Balaban J connectivity index is 2.20. The zero-order valence-electron chi connectivity index (χ0n) is 9.56. The maximum Gasteiger partial charge on any atom is 0.156 e. The Bertz CT molecular complexity index is 536. The van der Waals surface area contributed by atoms with Crippen LogP contribution in [0.15, 0.2) is 40.3 Å². The number of nitrogens with zero attached hydrogens (tertiary/aromatic N) is 2. The zero-order chi connectivity index (χ0) is 13.0. The van der Waals surface area contributed by atoms with Gasteiger partial charge in [-0.05, 0) is 24.3 Å². The van der Waals surface area contributed by atoms with Gasteiger partial charge >= 0.3 is 0 Å². The second-order valence-corrected chi connectivity index (χ2v) is 4.92. The van der Waals surface area contributed by atoms with Crippen LogP contribution in [0.1, 0.15) is 5.82 Å². The van der Waals surface area contributed by atoms with E-state index in [1.165, 1.54) is 23.9 Å². The molecule has 0 bridgehead atoms. The van der Waals surface area contributed by atoms with Gasteiger partial charge in [-0.25, -0.2) is 14.4 Å². The van der Waals surface area contributed by atoms with E-state index in [1.54, 1.807) is 25.3 Å². The van der Waals surface area contributed by atoms with Crippen LogP contribution in [0.25, 0.3) is 0 Å². The topological polar surface area (TPSA) is 35.0 Å². The van der Waals surface area contributed by atoms with Crippen molar-refractivity contribution in [2.45, 2.75) is 16.5 Å². The van der Waals surface area contributed by atoms with E-state index in [-0.39, 0.29) is 5.82 Å². The molecule has 6 heteroatoms. The zero-order valence-corrected chi connectivity index (χ0v) is 11.1. The van der Waals surface area contributed by atoms with Crippen molar-refractivity contribution in [2.24, 2.45) is 0 Å². The number of aromatic nitrogens is 2. The van der Waals surface area contributed by atoms with Gasteiger partial charge in [0, 0.05) is 18.1 Å². The third-order valence-corrected chi connectivity index (χ3v) is 3.15. The smallest absolute Gasteiger partial charge is 0.156 e. The van der Waals surface area contributed by atoms with Crippen molar-refractivity contribution in [3.8, 4) is 0 Å². The molecule has 1 heterocycles. The van der Waals surface area contributed by atoms with Crippen LogP contribution in [0.2, 0.25) is 5.15 Å². The van der Waals surface area contributed by atoms with Gasteiger partial charge in [-0.3, -0.25) is 0 Å². The third-order valence-electron chi connectivity index (χ3n) is 2.03. The van der Waals surface area contributed by atoms with Crippen molar-refractivity contribution >= 4 is 23.4 Å². The lowest BCUT2D eigenvalue weighted by atomic mass is 10.4. The number of methoxy groups -OCH3 is 1. The number of benzene rings is 1. The first kappa shape index (κ1) is 13.3. The number of ether oxygens (including phenoxy) is 1. The first-order valence-corrected chi connectivity index (χ1v) is 6.32. The van der Waals surface area contributed by atoms with E-state index in [1.807, 2.05) is 0 Å². The second-order valence-electron chi connectivity index (χ2n) is 3.43. The van der Waals surface area contributed by atoms with Gasteiger partial charge < -0.3 is 4.74 Å². The van der Waals surface area contributed by atoms with Crippen LogP contribution in [-0.2, 0) is 11.3 Å². The van der Waals surface area contributed by atoms with E-state index in [0.717, 1.165) is 4.90 Å². The molecule has 0 saturated heterocycles. The van der Waals surface area contributed by atoms with E-state index in [4.69, 9.17) is 16.3 Å². The van der Waals surface area contributed by atoms with Crippen molar-refractivity contribution in [1.29, 1.82) is 0 Å². The molecule has 0 fully saturated rings. The van der Waals surface area contributed by atoms with Crippen molar-refractivity contribution in [2.75, 3.05) is 7.11 Å². The molecule has 0 spiro atoms. The normalized spacial score (nSPS) is 10.6. The fourth-order valence-electron chi connectivity index (χ4n) is 1.31. The monoisotopic (exact) mass is 284 g/mol. The van der Waals surface area contributed by atoms with Crippen LogP contribution in [-0.4, -0.2) is 17.1 Å². The molecule has 3 nitrogen and oxygen atoms in total. The van der Waals surface area contributed by atoms with Crippen LogP contribution in [0, 0.1) is 5.82 Å². The van der Waals surface area contributed by atoms with Crippen molar-refractivity contribution in [3.63, 3.8) is 0 Å². The minimum Gasteiger partial charge on any atom is -0.377 e. The molecule has 0 unspecified atom stereocenters. The summed E-state index contributed by atoms with van der Waals surface area (Å²) in [6.07, 6.45) is 0. The summed E-state index contributed by atoms with van der Waals surface area (Å²) >= 11 is 7.29. The summed E-state index contributed by atoms with van der Waals surface area (Å²) in [7, 11) is 1.57. The molecule has 0 atom stereocenters. The Morgan fingerprint density at radius 2 is 2.00 bits per heavy atom. The standard InChI is InChI=1S/C12H10ClFN2OS/c1-17-7-11-15-10(13)6-12(16-11)18-9-4-2-8(14)3-5-9/h2-6H,7H2,1H3. The molecule has 0 aliphatic rings. The summed E-state index contributed by atoms with van der Waals surface area (Å²) in [5.74, 6) is 0.259. The SMILES string of the molecule is COCc1nc(Cl)cc(Sc2ccc(F)cc2)n1. The Hall–Kier alpha value is -1.17. The van der Waals surface area contributed by atoms with E-state index in [2.05, 4.69) is 9.97 Å². The number of halogens is 2. The fourth-order valence-corrected chi connectivity index (χ4v) is 2.41. The second kappa shape index (κ2) is 6.13. The maximum atomic E-state index is 12.8. The lowest BCUT2D eigenvalue weighted by Crippen LogP contribution is -1.98. The minimum atomic E-state index is -0.264. The molecule has 1 aromatic carbocycles. The van der Waals surface area contributed by atoms with Gasteiger partial charge in [-0.2, -0.15) is 0 Å². The van der Waals surface area contributed by atoms with Crippen LogP contribution in [0.4, 0.5) is 4.39 Å². The first-order chi connectivity index (χ1) is 8.67. The predicted molar refractivity (Wildman–Crippen MR) is 68.3 cm³/mol. The molecule has 2 rings (SSSR count). The molecule has 0 N–H and O–H groups in total. The van der Waals surface area contributed by atoms with Gasteiger partial charge in [0.25, 0.3) is 0 Å². The molecule has 94 valence electrons. The Morgan fingerprint density at radius 3 is 2.67 bits per heavy atom. The van der Waals surface area contributed by atoms with E-state index < -0.39 is 0 Å². The van der Waals surface area contributed by atoms with Gasteiger partial charge in [0.1, 0.15) is 22.6 Å². The maximum absolute atomic E-state index is 12.8. The highest BCUT2D eigenvalue weighted by Gasteiger charge is 2.05. The highest BCUT2D eigenvalue weighted by atomic mass is 35.5. The van der Waals surface area contributed by atoms with Gasteiger partial charge in [0.2, 0.25) is 0 Å². The van der Waals surface area contributed by atoms with Gasteiger partial charge in [0.15, 0.2) is 5.82 Å². The summed E-state index contributed by atoms with van der Waals surface area (Å²) in [5.41, 5.74) is 0. The van der Waals surface area contributed by atoms with Crippen LogP contribution in [0.3, 0.4) is 0 Å². The molecule has 0 radical (unpaired) electrons. The molecule has 2 aromatic rings. The molecule has 18 heavy (non-hydrogen) atoms. The summed E-state index contributed by atoms with van der Waals surface area (Å²) in [6.45, 7) is 0.303. The first-order valence-electron chi connectivity index (χ1n) is 5.13. The number of hydrogen-bond donors (Lipinski definition) is 0. The number of rotatable bonds is 4. The fraction of sp³-hybridized carbons (Fsp3) is 0.167. The summed E-state index contributed by atoms with van der Waals surface area (Å²) in [5, 5.41) is 1.07. The Morgan fingerprint density at radius 1 is 1.28 bits per heavy atom. The van der Waals surface area contributed by atoms with Crippen molar-refractivity contribution < 1.29 is 9.13 Å². The molecular weight excluding hydrogens is 275 g/mol. The molecule has 1 aromatic heterocycles. The Labute approximate surface area is 113 Å². The van der Waals surface area contributed by atoms with E-state index in [0.29, 0.717) is 22.6 Å². The predicted octanol–water partition coefficient (Wildman–Crippen LogP) is 3.57. The Kier molecular flexibility index (Phi) is 4.52. The van der Waals surface area contributed by atoms with Crippen molar-refractivity contribution in [1.82, 2.24) is 9.97 Å². The van der Waals surface area contributed by atoms with Gasteiger partial charge in [-0.15, -0.1) is 0 Å². The van der Waals surface area contributed by atoms with Crippen LogP contribution < -0.4 is 0 Å². The molecular formula is C12H10ClFN2OS. The lowest BCUT2D eigenvalue weighted by molar-refractivity contribution is 0.177. The van der Waals surface area contributed by atoms with E-state index in [9.17, 15) is 4.39 Å².